The molecule has 0 saturated heterocycles. The summed E-state index contributed by atoms with van der Waals surface area (Å²) in [6, 6.07) is 3.29. The van der Waals surface area contributed by atoms with Crippen LogP contribution in [-0.4, -0.2) is 20.9 Å². The lowest BCUT2D eigenvalue weighted by atomic mass is 10.4. The largest absolute Gasteiger partial charge is 0.382 e. The van der Waals surface area contributed by atoms with Crippen molar-refractivity contribution in [1.29, 1.82) is 0 Å². The van der Waals surface area contributed by atoms with Crippen LogP contribution < -0.4 is 11.1 Å². The zero-order valence-corrected chi connectivity index (χ0v) is 9.35. The molecule has 2 rings (SSSR count). The summed E-state index contributed by atoms with van der Waals surface area (Å²) in [6.45, 7) is 0. The molecule has 0 saturated carbocycles. The van der Waals surface area contributed by atoms with Gasteiger partial charge in [-0.25, -0.2) is 9.97 Å². The van der Waals surface area contributed by atoms with Crippen LogP contribution in [0.1, 0.15) is 10.5 Å². The Morgan fingerprint density at radius 3 is 2.94 bits per heavy atom. The van der Waals surface area contributed by atoms with Gasteiger partial charge in [0.05, 0.1) is 17.4 Å². The Hall–Kier alpha value is -2.21. The first kappa shape index (κ1) is 11.3. The first-order valence-electron chi connectivity index (χ1n) is 4.66. The quantitative estimate of drug-likeness (QED) is 0.838. The molecule has 2 aromatic heterocycles. The van der Waals surface area contributed by atoms with Crippen LogP contribution in [0.5, 0.6) is 0 Å². The highest BCUT2D eigenvalue weighted by molar-refractivity contribution is 6.33. The topological polar surface area (TPSA) is 93.8 Å². The molecular weight excluding hydrogens is 242 g/mol. The number of nitrogens with one attached hydrogen (secondary N) is 1. The van der Waals surface area contributed by atoms with E-state index in [4.69, 9.17) is 17.3 Å². The number of nitrogens with zero attached hydrogens (tertiary/aromatic N) is 3. The van der Waals surface area contributed by atoms with E-state index < -0.39 is 5.91 Å². The van der Waals surface area contributed by atoms with E-state index >= 15 is 0 Å². The van der Waals surface area contributed by atoms with E-state index in [0.29, 0.717) is 5.02 Å². The van der Waals surface area contributed by atoms with E-state index in [1.807, 2.05) is 0 Å². The summed E-state index contributed by atoms with van der Waals surface area (Å²) in [5.41, 5.74) is 5.53. The molecule has 17 heavy (non-hydrogen) atoms. The number of hydrogen-bond acceptors (Lipinski definition) is 5. The number of amides is 1. The van der Waals surface area contributed by atoms with Crippen LogP contribution in [0, 0.1) is 0 Å². The monoisotopic (exact) mass is 249 g/mol. The second-order valence-electron chi connectivity index (χ2n) is 3.12. The van der Waals surface area contributed by atoms with Gasteiger partial charge in [-0.1, -0.05) is 11.6 Å². The van der Waals surface area contributed by atoms with Gasteiger partial charge in [0.1, 0.15) is 11.5 Å². The molecule has 0 bridgehead atoms. The normalized spacial score (nSPS) is 9.94. The van der Waals surface area contributed by atoms with E-state index in [2.05, 4.69) is 20.3 Å². The summed E-state index contributed by atoms with van der Waals surface area (Å²) in [6.07, 6.45) is 4.18. The number of aromatic nitrogens is 3. The molecule has 0 aliphatic rings. The van der Waals surface area contributed by atoms with Gasteiger partial charge in [-0.2, -0.15) is 0 Å². The van der Waals surface area contributed by atoms with Gasteiger partial charge >= 0.3 is 0 Å². The number of carbonyl (C=O) groups is 1. The number of halogens is 1. The number of anilines is 2. The molecule has 0 atom stereocenters. The van der Waals surface area contributed by atoms with E-state index in [9.17, 15) is 4.79 Å². The van der Waals surface area contributed by atoms with Crippen molar-refractivity contribution >= 4 is 29.1 Å². The fourth-order valence-corrected chi connectivity index (χ4v) is 1.31. The second kappa shape index (κ2) is 4.75. The van der Waals surface area contributed by atoms with E-state index in [-0.39, 0.29) is 17.3 Å². The molecule has 7 heteroatoms. The van der Waals surface area contributed by atoms with Gasteiger partial charge in [0.2, 0.25) is 0 Å². The van der Waals surface area contributed by atoms with Gasteiger partial charge in [0, 0.05) is 6.20 Å². The predicted molar refractivity (Wildman–Crippen MR) is 63.6 cm³/mol. The predicted octanol–water partition coefficient (Wildman–Crippen LogP) is 1.36. The maximum atomic E-state index is 11.8. The Labute approximate surface area is 102 Å². The van der Waals surface area contributed by atoms with Crippen LogP contribution >= 0.6 is 11.6 Å². The van der Waals surface area contributed by atoms with Crippen molar-refractivity contribution in [3.63, 3.8) is 0 Å². The number of pyridine rings is 1. The first-order chi connectivity index (χ1) is 8.16. The van der Waals surface area contributed by atoms with Crippen LogP contribution in [0.25, 0.3) is 0 Å². The summed E-state index contributed by atoms with van der Waals surface area (Å²) >= 11 is 5.85. The minimum absolute atomic E-state index is 0.103. The van der Waals surface area contributed by atoms with E-state index in [1.54, 1.807) is 12.1 Å². The Bertz CT molecular complexity index is 560. The molecule has 1 amide bonds. The van der Waals surface area contributed by atoms with Crippen molar-refractivity contribution in [2.45, 2.75) is 0 Å². The molecule has 0 aliphatic carbocycles. The molecule has 0 fully saturated rings. The Morgan fingerprint density at radius 2 is 2.24 bits per heavy atom. The van der Waals surface area contributed by atoms with Crippen LogP contribution in [0.2, 0.25) is 5.02 Å². The smallest absolute Gasteiger partial charge is 0.277 e. The van der Waals surface area contributed by atoms with Gasteiger partial charge < -0.3 is 11.1 Å². The molecule has 0 radical (unpaired) electrons. The second-order valence-corrected chi connectivity index (χ2v) is 3.52. The van der Waals surface area contributed by atoms with Crippen LogP contribution in [-0.2, 0) is 0 Å². The minimum atomic E-state index is -0.467. The Kier molecular flexibility index (Phi) is 3.15. The van der Waals surface area contributed by atoms with Crippen molar-refractivity contribution in [3.8, 4) is 0 Å². The summed E-state index contributed by atoms with van der Waals surface area (Å²) in [4.78, 5) is 23.3. The lowest BCUT2D eigenvalue weighted by Gasteiger charge is -2.04. The molecule has 0 spiro atoms. The Morgan fingerprint density at radius 1 is 1.41 bits per heavy atom. The van der Waals surface area contributed by atoms with Gasteiger partial charge in [-0.3, -0.25) is 9.78 Å². The molecule has 3 N–H and O–H groups in total. The molecule has 86 valence electrons. The molecule has 0 aliphatic heterocycles. The lowest BCUT2D eigenvalue weighted by molar-refractivity contribution is 0.102. The van der Waals surface area contributed by atoms with Gasteiger partial charge in [0.25, 0.3) is 5.91 Å². The SMILES string of the molecule is Nc1cncc(C(=O)Nc2ncccc2Cl)n1. The summed E-state index contributed by atoms with van der Waals surface area (Å²) in [7, 11) is 0. The van der Waals surface area contributed by atoms with Crippen LogP contribution in [0.4, 0.5) is 11.6 Å². The summed E-state index contributed by atoms with van der Waals surface area (Å²) < 4.78 is 0. The van der Waals surface area contributed by atoms with Crippen LogP contribution in [0.3, 0.4) is 0 Å². The maximum Gasteiger partial charge on any atom is 0.277 e. The fraction of sp³-hybridized carbons (Fsp3) is 0. The van der Waals surface area contributed by atoms with Crippen LogP contribution in [0.15, 0.2) is 30.7 Å². The minimum Gasteiger partial charge on any atom is -0.382 e. The standard InChI is InChI=1S/C10H8ClN5O/c11-6-2-1-3-14-9(6)16-10(17)7-4-13-5-8(12)15-7/h1-5H,(H2,12,15)(H,14,16,17). The third kappa shape index (κ3) is 2.67. The zero-order valence-electron chi connectivity index (χ0n) is 8.59. The van der Waals surface area contributed by atoms with E-state index in [0.717, 1.165) is 0 Å². The summed E-state index contributed by atoms with van der Waals surface area (Å²) in [5, 5.41) is 2.86. The maximum absolute atomic E-state index is 11.8. The van der Waals surface area contributed by atoms with Crippen molar-refractivity contribution in [2.24, 2.45) is 0 Å². The molecule has 2 aromatic rings. The molecule has 0 unspecified atom stereocenters. The molecule has 0 aromatic carbocycles. The number of carbonyl (C=O) groups excluding carboxylic acids is 1. The zero-order chi connectivity index (χ0) is 12.3. The number of hydrogen-bond donors (Lipinski definition) is 2. The first-order valence-corrected chi connectivity index (χ1v) is 5.04. The fourth-order valence-electron chi connectivity index (χ4n) is 1.14. The third-order valence-corrected chi connectivity index (χ3v) is 2.18. The lowest BCUT2D eigenvalue weighted by Crippen LogP contribution is -2.15. The average Bonchev–Trinajstić information content (AvgIpc) is 2.32. The highest BCUT2D eigenvalue weighted by atomic mass is 35.5. The highest BCUT2D eigenvalue weighted by Crippen LogP contribution is 2.17. The number of nitrogen functional groups attached to an aromatic ring is 1. The van der Waals surface area contributed by atoms with E-state index in [1.165, 1.54) is 18.6 Å². The average molecular weight is 250 g/mol. The van der Waals surface area contributed by atoms with Crippen molar-refractivity contribution < 1.29 is 4.79 Å². The van der Waals surface area contributed by atoms with Gasteiger partial charge in [0.15, 0.2) is 5.82 Å². The number of rotatable bonds is 2. The Balaban J connectivity index is 2.20. The molecule has 6 nitrogen and oxygen atoms in total. The van der Waals surface area contributed by atoms with Gasteiger partial charge in [-0.05, 0) is 12.1 Å². The van der Waals surface area contributed by atoms with Crippen molar-refractivity contribution in [3.05, 3.63) is 41.4 Å². The molecule has 2 heterocycles. The van der Waals surface area contributed by atoms with Gasteiger partial charge in [-0.15, -0.1) is 0 Å². The molecular formula is C10H8ClN5O. The summed E-state index contributed by atoms with van der Waals surface area (Å²) in [5.74, 6) is -0.0291. The highest BCUT2D eigenvalue weighted by Gasteiger charge is 2.10. The van der Waals surface area contributed by atoms with Crippen molar-refractivity contribution in [2.75, 3.05) is 11.1 Å². The van der Waals surface area contributed by atoms with Crippen molar-refractivity contribution in [1.82, 2.24) is 15.0 Å². The third-order valence-electron chi connectivity index (χ3n) is 1.88. The number of nitrogens with two attached hydrogens (primary N) is 1.